The average molecular weight is 288 g/mol. The molecule has 0 bridgehead atoms. The van der Waals surface area contributed by atoms with Crippen LogP contribution in [0.1, 0.15) is 17.5 Å². The van der Waals surface area contributed by atoms with Gasteiger partial charge in [0.15, 0.2) is 5.82 Å². The Morgan fingerprint density at radius 1 is 1.20 bits per heavy atom. The predicted molar refractivity (Wildman–Crippen MR) is 62.9 cm³/mol. The molecule has 0 saturated heterocycles. The third-order valence-corrected chi connectivity index (χ3v) is 2.23. The lowest BCUT2D eigenvalue weighted by Crippen LogP contribution is -2.14. The predicted octanol–water partition coefficient (Wildman–Crippen LogP) is 1.84. The number of nitrogens with zero attached hydrogens (tertiary/aromatic N) is 4. The van der Waals surface area contributed by atoms with Crippen LogP contribution in [0, 0.1) is 6.92 Å². The number of hydrogen-bond donors (Lipinski definition) is 2. The van der Waals surface area contributed by atoms with E-state index in [2.05, 4.69) is 30.7 Å². The molecular formula is C10H11F3N6O. The molecular weight excluding hydrogens is 277 g/mol. The molecule has 0 saturated carbocycles. The first-order chi connectivity index (χ1) is 9.38. The number of halogens is 3. The highest BCUT2D eigenvalue weighted by molar-refractivity contribution is 5.47. The quantitative estimate of drug-likeness (QED) is 0.887. The van der Waals surface area contributed by atoms with E-state index in [0.717, 1.165) is 0 Å². The summed E-state index contributed by atoms with van der Waals surface area (Å²) in [4.78, 5) is 10.7. The summed E-state index contributed by atoms with van der Waals surface area (Å²) in [5.74, 6) is -0.466. The van der Waals surface area contributed by atoms with Crippen LogP contribution in [0.4, 0.5) is 24.8 Å². The molecule has 20 heavy (non-hydrogen) atoms. The lowest BCUT2D eigenvalue weighted by atomic mass is 10.4. The minimum absolute atomic E-state index is 0.0131. The van der Waals surface area contributed by atoms with Crippen molar-refractivity contribution in [1.29, 1.82) is 0 Å². The summed E-state index contributed by atoms with van der Waals surface area (Å²) in [5.41, 5.74) is 0. The van der Waals surface area contributed by atoms with Crippen molar-refractivity contribution in [2.45, 2.75) is 19.6 Å². The molecule has 0 aliphatic rings. The SMILES string of the molecule is CNc1cc(NCc2noc(C)n2)nc(C(F)(F)F)n1. The highest BCUT2D eigenvalue weighted by atomic mass is 19.4. The van der Waals surface area contributed by atoms with Gasteiger partial charge in [-0.1, -0.05) is 5.16 Å². The number of anilines is 2. The van der Waals surface area contributed by atoms with Crippen molar-refractivity contribution in [3.8, 4) is 0 Å². The maximum absolute atomic E-state index is 12.6. The van der Waals surface area contributed by atoms with E-state index in [1.807, 2.05) is 0 Å². The third-order valence-electron chi connectivity index (χ3n) is 2.23. The van der Waals surface area contributed by atoms with Crippen LogP contribution < -0.4 is 10.6 Å². The fourth-order valence-corrected chi connectivity index (χ4v) is 1.38. The summed E-state index contributed by atoms with van der Waals surface area (Å²) >= 11 is 0. The molecule has 0 unspecified atom stereocenters. The molecule has 0 aliphatic carbocycles. The Kier molecular flexibility index (Phi) is 3.72. The second kappa shape index (κ2) is 5.31. The highest BCUT2D eigenvalue weighted by Crippen LogP contribution is 2.28. The molecule has 0 aromatic carbocycles. The van der Waals surface area contributed by atoms with Gasteiger partial charge in [-0.25, -0.2) is 9.97 Å². The van der Waals surface area contributed by atoms with Crippen molar-refractivity contribution in [3.63, 3.8) is 0 Å². The molecule has 0 aliphatic heterocycles. The molecule has 0 spiro atoms. The molecule has 2 aromatic heterocycles. The summed E-state index contributed by atoms with van der Waals surface area (Å²) < 4.78 is 42.6. The molecule has 2 N–H and O–H groups in total. The van der Waals surface area contributed by atoms with Crippen molar-refractivity contribution >= 4 is 11.6 Å². The average Bonchev–Trinajstić information content (AvgIpc) is 2.81. The van der Waals surface area contributed by atoms with Gasteiger partial charge < -0.3 is 15.2 Å². The lowest BCUT2D eigenvalue weighted by Gasteiger charge is -2.10. The fourth-order valence-electron chi connectivity index (χ4n) is 1.38. The van der Waals surface area contributed by atoms with Gasteiger partial charge in [-0.05, 0) is 0 Å². The summed E-state index contributed by atoms with van der Waals surface area (Å²) in [6, 6.07) is 1.35. The van der Waals surface area contributed by atoms with Gasteiger partial charge in [0.2, 0.25) is 11.7 Å². The van der Waals surface area contributed by atoms with E-state index in [1.165, 1.54) is 13.1 Å². The Labute approximate surface area is 111 Å². The maximum Gasteiger partial charge on any atom is 0.451 e. The molecule has 0 fully saturated rings. The van der Waals surface area contributed by atoms with Crippen molar-refractivity contribution in [3.05, 3.63) is 23.6 Å². The highest BCUT2D eigenvalue weighted by Gasteiger charge is 2.35. The Morgan fingerprint density at radius 3 is 2.45 bits per heavy atom. The zero-order valence-electron chi connectivity index (χ0n) is 10.6. The van der Waals surface area contributed by atoms with E-state index in [-0.39, 0.29) is 18.2 Å². The monoisotopic (exact) mass is 288 g/mol. The Hall–Kier alpha value is -2.39. The van der Waals surface area contributed by atoms with Gasteiger partial charge in [-0.2, -0.15) is 18.2 Å². The van der Waals surface area contributed by atoms with Gasteiger partial charge in [-0.3, -0.25) is 0 Å². The van der Waals surface area contributed by atoms with Crippen LogP contribution in [0.5, 0.6) is 0 Å². The van der Waals surface area contributed by atoms with Crippen LogP contribution in [0.2, 0.25) is 0 Å². The second-order valence-corrected chi connectivity index (χ2v) is 3.79. The maximum atomic E-state index is 12.6. The Bertz CT molecular complexity index is 597. The molecule has 0 radical (unpaired) electrons. The molecule has 108 valence electrons. The smallest absolute Gasteiger partial charge is 0.373 e. The van der Waals surface area contributed by atoms with Gasteiger partial charge in [0.1, 0.15) is 11.6 Å². The number of rotatable bonds is 4. The Balaban J connectivity index is 2.18. The van der Waals surface area contributed by atoms with Crippen molar-refractivity contribution < 1.29 is 17.7 Å². The van der Waals surface area contributed by atoms with E-state index in [4.69, 9.17) is 4.52 Å². The van der Waals surface area contributed by atoms with Gasteiger partial charge in [-0.15, -0.1) is 0 Å². The topological polar surface area (TPSA) is 88.8 Å². The standard InChI is InChI=1S/C10H11F3N6O/c1-5-16-8(19-20-5)4-15-7-3-6(14-2)17-9(18-7)10(11,12)13/h3H,4H2,1-2H3,(H2,14,15,17,18). The van der Waals surface area contributed by atoms with Crippen molar-refractivity contribution in [2.75, 3.05) is 17.7 Å². The van der Waals surface area contributed by atoms with Crippen LogP contribution in [0.25, 0.3) is 0 Å². The molecule has 7 nitrogen and oxygen atoms in total. The normalized spacial score (nSPS) is 11.4. The minimum Gasteiger partial charge on any atom is -0.373 e. The first-order valence-electron chi connectivity index (χ1n) is 5.55. The number of aromatic nitrogens is 4. The fraction of sp³-hybridized carbons (Fsp3) is 0.400. The van der Waals surface area contributed by atoms with Crippen molar-refractivity contribution in [2.24, 2.45) is 0 Å². The van der Waals surface area contributed by atoms with Gasteiger partial charge in [0.25, 0.3) is 0 Å². The minimum atomic E-state index is -4.62. The van der Waals surface area contributed by atoms with Gasteiger partial charge >= 0.3 is 6.18 Å². The number of nitrogens with one attached hydrogen (secondary N) is 2. The number of hydrogen-bond acceptors (Lipinski definition) is 7. The van der Waals surface area contributed by atoms with Crippen LogP contribution in [0.3, 0.4) is 0 Å². The lowest BCUT2D eigenvalue weighted by molar-refractivity contribution is -0.144. The van der Waals surface area contributed by atoms with Crippen LogP contribution in [-0.2, 0) is 12.7 Å². The van der Waals surface area contributed by atoms with E-state index >= 15 is 0 Å². The van der Waals surface area contributed by atoms with Crippen LogP contribution in [-0.4, -0.2) is 27.2 Å². The van der Waals surface area contributed by atoms with Gasteiger partial charge in [0.05, 0.1) is 6.54 Å². The second-order valence-electron chi connectivity index (χ2n) is 3.79. The van der Waals surface area contributed by atoms with Crippen molar-refractivity contribution in [1.82, 2.24) is 20.1 Å². The van der Waals surface area contributed by atoms with E-state index < -0.39 is 12.0 Å². The first-order valence-corrected chi connectivity index (χ1v) is 5.55. The molecule has 10 heteroatoms. The van der Waals surface area contributed by atoms with Crippen LogP contribution >= 0.6 is 0 Å². The molecule has 0 amide bonds. The third kappa shape index (κ3) is 3.33. The summed E-state index contributed by atoms with van der Waals surface area (Å²) in [6.45, 7) is 1.71. The van der Waals surface area contributed by atoms with E-state index in [1.54, 1.807) is 6.92 Å². The largest absolute Gasteiger partial charge is 0.451 e. The Morgan fingerprint density at radius 2 is 1.90 bits per heavy atom. The molecule has 2 aromatic rings. The zero-order chi connectivity index (χ0) is 14.8. The summed E-state index contributed by atoms with van der Waals surface area (Å²) in [7, 11) is 1.47. The first kappa shape index (κ1) is 14.0. The van der Waals surface area contributed by atoms with E-state index in [0.29, 0.717) is 11.7 Å². The van der Waals surface area contributed by atoms with Gasteiger partial charge in [0, 0.05) is 20.0 Å². The molecule has 0 atom stereocenters. The zero-order valence-corrected chi connectivity index (χ0v) is 10.6. The molecule has 2 rings (SSSR count). The number of aryl methyl sites for hydroxylation is 1. The molecule has 2 heterocycles. The van der Waals surface area contributed by atoms with Crippen LogP contribution in [0.15, 0.2) is 10.6 Å². The summed E-state index contributed by atoms with van der Waals surface area (Å²) in [6.07, 6.45) is -4.62. The summed E-state index contributed by atoms with van der Waals surface area (Å²) in [5, 5.41) is 8.84. The van der Waals surface area contributed by atoms with E-state index in [9.17, 15) is 13.2 Å². The number of alkyl halides is 3.